The lowest BCUT2D eigenvalue weighted by atomic mass is 10.0. The van der Waals surface area contributed by atoms with E-state index in [0.717, 1.165) is 5.56 Å². The molecule has 1 aromatic carbocycles. The van der Waals surface area contributed by atoms with E-state index >= 15 is 0 Å². The summed E-state index contributed by atoms with van der Waals surface area (Å²) in [6.07, 6.45) is 1.23. The van der Waals surface area contributed by atoms with Gasteiger partial charge in [-0.15, -0.1) is 0 Å². The number of carbonyl (C=O) groups excluding carboxylic acids is 1. The lowest BCUT2D eigenvalue weighted by molar-refractivity contribution is -0.122. The molecule has 24 heavy (non-hydrogen) atoms. The third-order valence-corrected chi connectivity index (χ3v) is 3.39. The zero-order valence-electron chi connectivity index (χ0n) is 15.4. The van der Waals surface area contributed by atoms with Crippen LogP contribution in [0.3, 0.4) is 0 Å². The Labute approximate surface area is 145 Å². The molecule has 1 rings (SSSR count). The highest BCUT2D eigenvalue weighted by Crippen LogP contribution is 2.15. The third kappa shape index (κ3) is 9.15. The van der Waals surface area contributed by atoms with Gasteiger partial charge in [-0.05, 0) is 29.9 Å². The molecule has 6 heteroatoms. The predicted molar refractivity (Wildman–Crippen MR) is 102 cm³/mol. The second-order valence-electron chi connectivity index (χ2n) is 5.67. The van der Waals surface area contributed by atoms with Gasteiger partial charge in [0.2, 0.25) is 5.91 Å². The first-order valence-corrected chi connectivity index (χ1v) is 8.57. The zero-order chi connectivity index (χ0) is 18.5. The highest BCUT2D eigenvalue weighted by Gasteiger charge is 2.12. The number of nitrogens with zero attached hydrogens (tertiary/aromatic N) is 1. The quantitative estimate of drug-likeness (QED) is 0.329. The molecule has 0 spiro atoms. The van der Waals surface area contributed by atoms with Gasteiger partial charge in [0.1, 0.15) is 0 Å². The average molecular weight is 335 g/mol. The second kappa shape index (κ2) is 12.4. The standard InChI is InChI=1S/C16H27N5O.C2H6/c1-11(2)13-6-3-5-12(9-13)10-21-15(22)14(17)7-4-8-20-16(18)19;1-2/h3,5-6,9,11,14H,4,7-8,10,17H2,1-2H3,(H,21,22)(H4,18,19,20);1-2H3. The highest BCUT2D eigenvalue weighted by atomic mass is 16.2. The Morgan fingerprint density at radius 1 is 1.25 bits per heavy atom. The van der Waals surface area contributed by atoms with E-state index in [1.807, 2.05) is 26.0 Å². The summed E-state index contributed by atoms with van der Waals surface area (Å²) in [4.78, 5) is 15.8. The molecule has 1 unspecified atom stereocenters. The van der Waals surface area contributed by atoms with Crippen LogP contribution >= 0.6 is 0 Å². The lowest BCUT2D eigenvalue weighted by Crippen LogP contribution is -2.40. The number of nitrogens with one attached hydrogen (secondary N) is 1. The molecule has 0 saturated carbocycles. The summed E-state index contributed by atoms with van der Waals surface area (Å²) in [5, 5.41) is 2.87. The van der Waals surface area contributed by atoms with Crippen LogP contribution in [0.15, 0.2) is 29.3 Å². The fraction of sp³-hybridized carbons (Fsp3) is 0.556. The van der Waals surface area contributed by atoms with Gasteiger partial charge in [0.05, 0.1) is 6.04 Å². The van der Waals surface area contributed by atoms with Crippen molar-refractivity contribution in [2.45, 2.75) is 59.0 Å². The summed E-state index contributed by atoms with van der Waals surface area (Å²) < 4.78 is 0. The minimum absolute atomic E-state index is 0.0584. The van der Waals surface area contributed by atoms with Crippen molar-refractivity contribution in [3.63, 3.8) is 0 Å². The van der Waals surface area contributed by atoms with E-state index < -0.39 is 6.04 Å². The minimum atomic E-state index is -0.539. The van der Waals surface area contributed by atoms with Crippen LogP contribution in [0, 0.1) is 0 Å². The number of carbonyl (C=O) groups is 1. The number of rotatable bonds is 8. The topological polar surface area (TPSA) is 120 Å². The van der Waals surface area contributed by atoms with Gasteiger partial charge in [0.15, 0.2) is 5.96 Å². The molecule has 6 nitrogen and oxygen atoms in total. The van der Waals surface area contributed by atoms with Gasteiger partial charge in [-0.1, -0.05) is 52.0 Å². The van der Waals surface area contributed by atoms with Crippen LogP contribution in [-0.2, 0) is 11.3 Å². The number of aliphatic imine (C=N–C) groups is 1. The summed E-state index contributed by atoms with van der Waals surface area (Å²) in [6.45, 7) is 9.26. The molecule has 1 atom stereocenters. The van der Waals surface area contributed by atoms with Crippen molar-refractivity contribution in [2.75, 3.05) is 6.54 Å². The van der Waals surface area contributed by atoms with Crippen LogP contribution in [0.5, 0.6) is 0 Å². The maximum absolute atomic E-state index is 11.9. The van der Waals surface area contributed by atoms with E-state index in [4.69, 9.17) is 17.2 Å². The third-order valence-electron chi connectivity index (χ3n) is 3.39. The molecule has 7 N–H and O–H groups in total. The Morgan fingerprint density at radius 3 is 2.50 bits per heavy atom. The van der Waals surface area contributed by atoms with E-state index in [1.165, 1.54) is 5.56 Å². The summed E-state index contributed by atoms with van der Waals surface area (Å²) >= 11 is 0. The molecule has 0 saturated heterocycles. The first kappa shape index (κ1) is 21.9. The van der Waals surface area contributed by atoms with E-state index in [9.17, 15) is 4.79 Å². The predicted octanol–water partition coefficient (Wildman–Crippen LogP) is 1.83. The fourth-order valence-electron chi connectivity index (χ4n) is 2.03. The van der Waals surface area contributed by atoms with E-state index in [0.29, 0.717) is 31.8 Å². The molecule has 0 radical (unpaired) electrons. The van der Waals surface area contributed by atoms with E-state index in [2.05, 4.69) is 36.3 Å². The van der Waals surface area contributed by atoms with Crippen LogP contribution in [-0.4, -0.2) is 24.5 Å². The van der Waals surface area contributed by atoms with Crippen LogP contribution < -0.4 is 22.5 Å². The number of hydrogen-bond acceptors (Lipinski definition) is 3. The summed E-state index contributed by atoms with van der Waals surface area (Å²) in [6, 6.07) is 7.66. The smallest absolute Gasteiger partial charge is 0.237 e. The van der Waals surface area contributed by atoms with Gasteiger partial charge in [-0.25, -0.2) is 0 Å². The van der Waals surface area contributed by atoms with Crippen molar-refractivity contribution in [1.82, 2.24) is 5.32 Å². The molecule has 0 fully saturated rings. The van der Waals surface area contributed by atoms with Gasteiger partial charge in [-0.3, -0.25) is 9.79 Å². The van der Waals surface area contributed by atoms with Crippen molar-refractivity contribution in [3.8, 4) is 0 Å². The van der Waals surface area contributed by atoms with Crippen LogP contribution in [0.1, 0.15) is 57.6 Å². The van der Waals surface area contributed by atoms with Crippen LogP contribution in [0.25, 0.3) is 0 Å². The normalized spacial score (nSPS) is 11.2. The molecular formula is C18H33N5O. The fourth-order valence-corrected chi connectivity index (χ4v) is 2.03. The Hall–Kier alpha value is -2.08. The number of nitrogens with two attached hydrogens (primary N) is 3. The van der Waals surface area contributed by atoms with Gasteiger partial charge >= 0.3 is 0 Å². The maximum atomic E-state index is 11.9. The van der Waals surface area contributed by atoms with Gasteiger partial charge < -0.3 is 22.5 Å². The van der Waals surface area contributed by atoms with Crippen LogP contribution in [0.4, 0.5) is 0 Å². The van der Waals surface area contributed by atoms with Crippen molar-refractivity contribution < 1.29 is 4.79 Å². The first-order chi connectivity index (χ1) is 11.4. The molecule has 1 aromatic rings. The molecule has 1 amide bonds. The molecule has 136 valence electrons. The molecule has 0 aliphatic rings. The zero-order valence-corrected chi connectivity index (χ0v) is 15.4. The summed E-state index contributed by atoms with van der Waals surface area (Å²) in [5.74, 6) is 0.371. The molecule has 0 heterocycles. The van der Waals surface area contributed by atoms with E-state index in [-0.39, 0.29) is 11.9 Å². The molecule has 0 aromatic heterocycles. The minimum Gasteiger partial charge on any atom is -0.370 e. The molecular weight excluding hydrogens is 302 g/mol. The maximum Gasteiger partial charge on any atom is 0.237 e. The van der Waals surface area contributed by atoms with Gasteiger partial charge in [0, 0.05) is 13.1 Å². The van der Waals surface area contributed by atoms with Gasteiger partial charge in [-0.2, -0.15) is 0 Å². The number of guanidine groups is 1. The molecule has 0 aliphatic carbocycles. The SMILES string of the molecule is CC.CC(C)c1cccc(CNC(=O)C(N)CCCN=C(N)N)c1. The Bertz CT molecular complexity index is 510. The second-order valence-corrected chi connectivity index (χ2v) is 5.67. The Balaban J connectivity index is 0.00000254. The van der Waals surface area contributed by atoms with Crippen LogP contribution in [0.2, 0.25) is 0 Å². The van der Waals surface area contributed by atoms with E-state index in [1.54, 1.807) is 0 Å². The summed E-state index contributed by atoms with van der Waals surface area (Å²) in [7, 11) is 0. The van der Waals surface area contributed by atoms with Crippen molar-refractivity contribution in [1.29, 1.82) is 0 Å². The molecule has 0 aliphatic heterocycles. The Kier molecular flexibility index (Phi) is 11.3. The average Bonchev–Trinajstić information content (AvgIpc) is 2.58. The highest BCUT2D eigenvalue weighted by molar-refractivity contribution is 5.81. The number of amides is 1. The largest absolute Gasteiger partial charge is 0.370 e. The monoisotopic (exact) mass is 335 g/mol. The number of benzene rings is 1. The van der Waals surface area contributed by atoms with Crippen molar-refractivity contribution in [2.24, 2.45) is 22.2 Å². The van der Waals surface area contributed by atoms with Gasteiger partial charge in [0.25, 0.3) is 0 Å². The summed E-state index contributed by atoms with van der Waals surface area (Å²) in [5.41, 5.74) is 18.7. The molecule has 0 bridgehead atoms. The Morgan fingerprint density at radius 2 is 1.92 bits per heavy atom. The van der Waals surface area contributed by atoms with Crippen molar-refractivity contribution in [3.05, 3.63) is 35.4 Å². The number of hydrogen-bond donors (Lipinski definition) is 4. The first-order valence-electron chi connectivity index (χ1n) is 8.57. The lowest BCUT2D eigenvalue weighted by Gasteiger charge is -2.13. The van der Waals surface area contributed by atoms with Crippen molar-refractivity contribution >= 4 is 11.9 Å².